The highest BCUT2D eigenvalue weighted by molar-refractivity contribution is 5.44. The molecular formula is C13H22N4O. The Morgan fingerprint density at radius 2 is 2.22 bits per heavy atom. The molecule has 0 aromatic carbocycles. The van der Waals surface area contributed by atoms with Crippen LogP contribution in [0.1, 0.15) is 6.92 Å². The van der Waals surface area contributed by atoms with Crippen LogP contribution in [0.3, 0.4) is 0 Å². The van der Waals surface area contributed by atoms with E-state index in [-0.39, 0.29) is 12.6 Å². The maximum absolute atomic E-state index is 9.20. The van der Waals surface area contributed by atoms with Gasteiger partial charge in [-0.2, -0.15) is 0 Å². The first kappa shape index (κ1) is 13.0. The van der Waals surface area contributed by atoms with Crippen molar-refractivity contribution in [2.75, 3.05) is 34.3 Å². The molecule has 0 fully saturated rings. The predicted molar refractivity (Wildman–Crippen MR) is 72.3 cm³/mol. The molecular weight excluding hydrogens is 228 g/mol. The number of aliphatic hydroxyl groups excluding tert-OH is 1. The largest absolute Gasteiger partial charge is 0.394 e. The third kappa shape index (κ3) is 2.37. The molecule has 100 valence electrons. The minimum atomic E-state index is 0.0181. The highest BCUT2D eigenvalue weighted by Gasteiger charge is 2.24. The number of nitrogens with zero attached hydrogens (tertiary/aromatic N) is 2. The number of hydrazine groups is 1. The van der Waals surface area contributed by atoms with Gasteiger partial charge >= 0.3 is 0 Å². The smallest absolute Gasteiger partial charge is 0.101 e. The third-order valence-corrected chi connectivity index (χ3v) is 3.34. The Morgan fingerprint density at radius 1 is 1.50 bits per heavy atom. The molecule has 5 nitrogen and oxygen atoms in total. The maximum Gasteiger partial charge on any atom is 0.101 e. The third-order valence-electron chi connectivity index (χ3n) is 3.34. The van der Waals surface area contributed by atoms with Gasteiger partial charge in [-0.25, -0.2) is 5.43 Å². The van der Waals surface area contributed by atoms with Crippen LogP contribution >= 0.6 is 0 Å². The van der Waals surface area contributed by atoms with Gasteiger partial charge < -0.3 is 20.3 Å². The average molecular weight is 250 g/mol. The standard InChI is InChI=1S/C13H22N4O/c1-9-5-13(16(2)3)14-7-11(9)12-6-10(8-18)15-17(12)4/h5-6,10,14-15,18H,7-8H2,1-4H3. The lowest BCUT2D eigenvalue weighted by atomic mass is 10.0. The second-order valence-corrected chi connectivity index (χ2v) is 4.97. The van der Waals surface area contributed by atoms with Crippen molar-refractivity contribution >= 4 is 0 Å². The summed E-state index contributed by atoms with van der Waals surface area (Å²) < 4.78 is 0. The van der Waals surface area contributed by atoms with Gasteiger partial charge in [-0.15, -0.1) is 0 Å². The van der Waals surface area contributed by atoms with Gasteiger partial charge in [0.25, 0.3) is 0 Å². The average Bonchev–Trinajstić information content (AvgIpc) is 2.70. The molecule has 0 aliphatic carbocycles. The van der Waals surface area contributed by atoms with E-state index in [1.54, 1.807) is 0 Å². The molecule has 0 aromatic heterocycles. The molecule has 2 aliphatic rings. The molecule has 3 N–H and O–H groups in total. The summed E-state index contributed by atoms with van der Waals surface area (Å²) in [6.07, 6.45) is 4.23. The Labute approximate surface area is 108 Å². The number of likely N-dealkylation sites (N-methyl/N-ethyl adjacent to an activating group) is 1. The lowest BCUT2D eigenvalue weighted by molar-refractivity contribution is 0.220. The zero-order valence-electron chi connectivity index (χ0n) is 11.5. The van der Waals surface area contributed by atoms with E-state index in [1.165, 1.54) is 11.1 Å². The van der Waals surface area contributed by atoms with E-state index in [2.05, 4.69) is 34.7 Å². The molecule has 1 atom stereocenters. The number of allylic oxidation sites excluding steroid dienone is 2. The molecule has 0 saturated carbocycles. The monoisotopic (exact) mass is 250 g/mol. The molecule has 5 heteroatoms. The van der Waals surface area contributed by atoms with E-state index >= 15 is 0 Å². The van der Waals surface area contributed by atoms with Crippen molar-refractivity contribution in [1.82, 2.24) is 20.7 Å². The lowest BCUT2D eigenvalue weighted by Crippen LogP contribution is -2.37. The van der Waals surface area contributed by atoms with E-state index in [4.69, 9.17) is 0 Å². The van der Waals surface area contributed by atoms with Crippen LogP contribution in [0, 0.1) is 0 Å². The molecule has 0 radical (unpaired) electrons. The predicted octanol–water partition coefficient (Wildman–Crippen LogP) is 0.00390. The van der Waals surface area contributed by atoms with Crippen molar-refractivity contribution in [3.05, 3.63) is 34.8 Å². The summed E-state index contributed by atoms with van der Waals surface area (Å²) in [7, 11) is 6.04. The Hall–Kier alpha value is -1.46. The van der Waals surface area contributed by atoms with Gasteiger partial charge in [-0.3, -0.25) is 0 Å². The summed E-state index contributed by atoms with van der Waals surface area (Å²) in [6.45, 7) is 3.05. The number of dihydropyridines is 1. The van der Waals surface area contributed by atoms with Crippen molar-refractivity contribution in [2.24, 2.45) is 0 Å². The summed E-state index contributed by atoms with van der Waals surface area (Å²) in [5.41, 5.74) is 6.88. The Bertz CT molecular complexity index is 423. The fourth-order valence-electron chi connectivity index (χ4n) is 2.30. The van der Waals surface area contributed by atoms with Gasteiger partial charge in [0.1, 0.15) is 5.82 Å². The van der Waals surface area contributed by atoms with Crippen molar-refractivity contribution in [2.45, 2.75) is 13.0 Å². The van der Waals surface area contributed by atoms with Crippen molar-refractivity contribution in [3.8, 4) is 0 Å². The molecule has 0 aromatic rings. The Kier molecular flexibility index (Phi) is 3.63. The minimum Gasteiger partial charge on any atom is -0.394 e. The molecule has 2 rings (SSSR count). The van der Waals surface area contributed by atoms with E-state index < -0.39 is 0 Å². The first-order chi connectivity index (χ1) is 8.52. The van der Waals surface area contributed by atoms with E-state index in [0.29, 0.717) is 0 Å². The maximum atomic E-state index is 9.20. The van der Waals surface area contributed by atoms with E-state index in [9.17, 15) is 5.11 Å². The van der Waals surface area contributed by atoms with Crippen LogP contribution in [-0.4, -0.2) is 55.4 Å². The van der Waals surface area contributed by atoms with Crippen LogP contribution in [-0.2, 0) is 0 Å². The molecule has 0 bridgehead atoms. The Morgan fingerprint density at radius 3 is 2.72 bits per heavy atom. The lowest BCUT2D eigenvalue weighted by Gasteiger charge is -2.28. The zero-order valence-corrected chi connectivity index (χ0v) is 11.5. The Balaban J connectivity index is 2.27. The van der Waals surface area contributed by atoms with Gasteiger partial charge in [0, 0.05) is 27.7 Å². The SMILES string of the molecule is CC1=C(C2=CC(CO)NN2C)CNC(N(C)C)=C1. The van der Waals surface area contributed by atoms with Crippen LogP contribution in [0.15, 0.2) is 34.8 Å². The fraction of sp³-hybridized carbons (Fsp3) is 0.538. The van der Waals surface area contributed by atoms with Crippen molar-refractivity contribution in [1.29, 1.82) is 0 Å². The van der Waals surface area contributed by atoms with Crippen molar-refractivity contribution < 1.29 is 5.11 Å². The van der Waals surface area contributed by atoms with Crippen LogP contribution in [0.5, 0.6) is 0 Å². The summed E-state index contributed by atoms with van der Waals surface area (Å²) >= 11 is 0. The molecule has 2 heterocycles. The van der Waals surface area contributed by atoms with Crippen LogP contribution in [0.25, 0.3) is 0 Å². The zero-order chi connectivity index (χ0) is 13.3. The number of nitrogens with one attached hydrogen (secondary N) is 2. The van der Waals surface area contributed by atoms with E-state index in [0.717, 1.165) is 18.1 Å². The topological polar surface area (TPSA) is 50.8 Å². The molecule has 18 heavy (non-hydrogen) atoms. The summed E-state index contributed by atoms with van der Waals surface area (Å²) in [5, 5.41) is 14.6. The van der Waals surface area contributed by atoms with Gasteiger partial charge in [-0.1, -0.05) is 0 Å². The number of aliphatic hydroxyl groups is 1. The van der Waals surface area contributed by atoms with Gasteiger partial charge in [-0.05, 0) is 30.2 Å². The minimum absolute atomic E-state index is 0.0181. The first-order valence-electron chi connectivity index (χ1n) is 6.18. The van der Waals surface area contributed by atoms with Crippen LogP contribution < -0.4 is 10.7 Å². The molecule has 2 aliphatic heterocycles. The number of hydrogen-bond acceptors (Lipinski definition) is 5. The quantitative estimate of drug-likeness (QED) is 0.658. The highest BCUT2D eigenvalue weighted by Crippen LogP contribution is 2.25. The normalized spacial score (nSPS) is 23.8. The molecule has 0 saturated heterocycles. The summed E-state index contributed by atoms with van der Waals surface area (Å²) in [6, 6.07) is 0.0181. The number of hydrogen-bond donors (Lipinski definition) is 3. The first-order valence-corrected chi connectivity index (χ1v) is 6.18. The molecule has 0 spiro atoms. The molecule has 0 amide bonds. The second kappa shape index (κ2) is 5.04. The van der Waals surface area contributed by atoms with Gasteiger partial charge in [0.2, 0.25) is 0 Å². The van der Waals surface area contributed by atoms with Crippen LogP contribution in [0.2, 0.25) is 0 Å². The fourth-order valence-corrected chi connectivity index (χ4v) is 2.30. The van der Waals surface area contributed by atoms with Crippen LogP contribution in [0.4, 0.5) is 0 Å². The molecule has 1 unspecified atom stereocenters. The summed E-state index contributed by atoms with van der Waals surface area (Å²) in [5.74, 6) is 1.13. The van der Waals surface area contributed by atoms with Gasteiger partial charge in [0.05, 0.1) is 18.3 Å². The summed E-state index contributed by atoms with van der Waals surface area (Å²) in [4.78, 5) is 2.07. The van der Waals surface area contributed by atoms with Crippen molar-refractivity contribution in [3.63, 3.8) is 0 Å². The number of rotatable bonds is 3. The van der Waals surface area contributed by atoms with E-state index in [1.807, 2.05) is 26.2 Å². The highest BCUT2D eigenvalue weighted by atomic mass is 16.3. The van der Waals surface area contributed by atoms with Gasteiger partial charge in [0.15, 0.2) is 0 Å². The second-order valence-electron chi connectivity index (χ2n) is 4.97.